The fourth-order valence-corrected chi connectivity index (χ4v) is 1.81. The van der Waals surface area contributed by atoms with Gasteiger partial charge in [-0.3, -0.25) is 0 Å². The Labute approximate surface area is 89.2 Å². The van der Waals surface area contributed by atoms with Crippen LogP contribution in [0.5, 0.6) is 0 Å². The molecule has 0 radical (unpaired) electrons. The van der Waals surface area contributed by atoms with E-state index in [0.717, 1.165) is 23.7 Å². The van der Waals surface area contributed by atoms with E-state index in [0.29, 0.717) is 6.04 Å². The van der Waals surface area contributed by atoms with Gasteiger partial charge in [-0.25, -0.2) is 0 Å². The Morgan fingerprint density at radius 2 is 2.36 bits per heavy atom. The van der Waals surface area contributed by atoms with E-state index in [1.165, 1.54) is 0 Å². The number of ether oxygens (including phenoxy) is 1. The predicted molar refractivity (Wildman–Crippen MR) is 57.6 cm³/mol. The zero-order valence-electron chi connectivity index (χ0n) is 8.16. The zero-order chi connectivity index (χ0) is 9.97. The van der Waals surface area contributed by atoms with Crippen molar-refractivity contribution in [3.05, 3.63) is 34.9 Å². The topological polar surface area (TPSA) is 21.3 Å². The summed E-state index contributed by atoms with van der Waals surface area (Å²) >= 11 is 5.92. The van der Waals surface area contributed by atoms with Crippen molar-refractivity contribution in [3.63, 3.8) is 0 Å². The number of nitrogens with one attached hydrogen (secondary N) is 1. The van der Waals surface area contributed by atoms with Gasteiger partial charge in [0.25, 0.3) is 0 Å². The molecule has 1 aliphatic heterocycles. The van der Waals surface area contributed by atoms with Crippen molar-refractivity contribution < 1.29 is 4.74 Å². The third-order valence-electron chi connectivity index (χ3n) is 2.42. The summed E-state index contributed by atoms with van der Waals surface area (Å²) in [6.45, 7) is 3.74. The van der Waals surface area contributed by atoms with E-state index in [9.17, 15) is 0 Å². The van der Waals surface area contributed by atoms with Crippen LogP contribution in [0.4, 0.5) is 0 Å². The van der Waals surface area contributed by atoms with Crippen molar-refractivity contribution in [1.82, 2.24) is 5.32 Å². The van der Waals surface area contributed by atoms with Gasteiger partial charge in [0.1, 0.15) is 0 Å². The van der Waals surface area contributed by atoms with Crippen molar-refractivity contribution in [2.75, 3.05) is 13.2 Å². The van der Waals surface area contributed by atoms with Gasteiger partial charge in [-0.05, 0) is 24.6 Å². The Morgan fingerprint density at radius 1 is 1.50 bits per heavy atom. The molecule has 0 spiro atoms. The lowest BCUT2D eigenvalue weighted by atomic mass is 10.1. The minimum Gasteiger partial charge on any atom is -0.371 e. The van der Waals surface area contributed by atoms with Crippen molar-refractivity contribution in [3.8, 4) is 0 Å². The Kier molecular flexibility index (Phi) is 3.06. The molecular formula is C11H14ClNO. The second kappa shape index (κ2) is 4.30. The maximum absolute atomic E-state index is 5.92. The lowest BCUT2D eigenvalue weighted by Gasteiger charge is -2.28. The van der Waals surface area contributed by atoms with Gasteiger partial charge in [-0.2, -0.15) is 0 Å². The van der Waals surface area contributed by atoms with Gasteiger partial charge in [-0.15, -0.1) is 0 Å². The molecule has 0 saturated carbocycles. The van der Waals surface area contributed by atoms with Crippen LogP contribution in [0.2, 0.25) is 5.02 Å². The molecule has 1 aromatic carbocycles. The van der Waals surface area contributed by atoms with Gasteiger partial charge in [0, 0.05) is 17.6 Å². The molecule has 0 aromatic heterocycles. The van der Waals surface area contributed by atoms with E-state index in [-0.39, 0.29) is 6.10 Å². The molecule has 0 unspecified atom stereocenters. The molecule has 0 aliphatic carbocycles. The molecule has 0 bridgehead atoms. The number of benzene rings is 1. The van der Waals surface area contributed by atoms with E-state index >= 15 is 0 Å². The van der Waals surface area contributed by atoms with Crippen LogP contribution in [0.15, 0.2) is 24.3 Å². The highest BCUT2D eigenvalue weighted by Gasteiger charge is 2.19. The van der Waals surface area contributed by atoms with Crippen LogP contribution in [-0.4, -0.2) is 19.2 Å². The van der Waals surface area contributed by atoms with Crippen LogP contribution in [-0.2, 0) is 4.74 Å². The first-order valence-electron chi connectivity index (χ1n) is 4.86. The van der Waals surface area contributed by atoms with E-state index in [4.69, 9.17) is 16.3 Å². The molecule has 2 atom stereocenters. The van der Waals surface area contributed by atoms with Crippen molar-refractivity contribution >= 4 is 11.6 Å². The smallest absolute Gasteiger partial charge is 0.0950 e. The van der Waals surface area contributed by atoms with Crippen LogP contribution in [0.3, 0.4) is 0 Å². The molecule has 3 heteroatoms. The van der Waals surface area contributed by atoms with Crippen molar-refractivity contribution in [1.29, 1.82) is 0 Å². The molecule has 2 nitrogen and oxygen atoms in total. The Balaban J connectivity index is 2.08. The SMILES string of the molecule is C[C@@H]1CO[C@@H](c2cccc(Cl)c2)CN1. The Bertz CT molecular complexity index is 308. The normalized spacial score (nSPS) is 27.6. The molecule has 0 amide bonds. The standard InChI is InChI=1S/C11H14ClNO/c1-8-7-14-11(6-13-8)9-3-2-4-10(12)5-9/h2-5,8,11,13H,6-7H2,1H3/t8-,11-/m1/s1. The summed E-state index contributed by atoms with van der Waals surface area (Å²) in [6, 6.07) is 8.30. The summed E-state index contributed by atoms with van der Waals surface area (Å²) < 4.78 is 5.71. The monoisotopic (exact) mass is 211 g/mol. The molecule has 76 valence electrons. The number of morpholine rings is 1. The zero-order valence-corrected chi connectivity index (χ0v) is 8.92. The van der Waals surface area contributed by atoms with Gasteiger partial charge in [-0.1, -0.05) is 23.7 Å². The van der Waals surface area contributed by atoms with E-state index in [1.54, 1.807) is 0 Å². The second-order valence-corrected chi connectivity index (χ2v) is 4.12. The summed E-state index contributed by atoms with van der Waals surface area (Å²) in [4.78, 5) is 0. The number of hydrogen-bond donors (Lipinski definition) is 1. The number of halogens is 1. The number of rotatable bonds is 1. The highest BCUT2D eigenvalue weighted by atomic mass is 35.5. The van der Waals surface area contributed by atoms with Crippen LogP contribution in [0.1, 0.15) is 18.6 Å². The van der Waals surface area contributed by atoms with Gasteiger partial charge < -0.3 is 10.1 Å². The van der Waals surface area contributed by atoms with Crippen LogP contribution >= 0.6 is 11.6 Å². The Hall–Kier alpha value is -0.570. The quantitative estimate of drug-likeness (QED) is 0.770. The lowest BCUT2D eigenvalue weighted by Crippen LogP contribution is -2.40. The summed E-state index contributed by atoms with van der Waals surface area (Å²) in [5, 5.41) is 4.15. The van der Waals surface area contributed by atoms with Crippen LogP contribution in [0, 0.1) is 0 Å². The largest absolute Gasteiger partial charge is 0.371 e. The van der Waals surface area contributed by atoms with E-state index in [2.05, 4.69) is 12.2 Å². The molecule has 14 heavy (non-hydrogen) atoms. The highest BCUT2D eigenvalue weighted by molar-refractivity contribution is 6.30. The summed E-state index contributed by atoms with van der Waals surface area (Å²) in [7, 11) is 0. The fraction of sp³-hybridized carbons (Fsp3) is 0.455. The first kappa shape index (κ1) is 9.97. The number of hydrogen-bond acceptors (Lipinski definition) is 2. The van der Waals surface area contributed by atoms with Crippen LogP contribution < -0.4 is 5.32 Å². The lowest BCUT2D eigenvalue weighted by molar-refractivity contribution is 0.00696. The average molecular weight is 212 g/mol. The van der Waals surface area contributed by atoms with Gasteiger partial charge in [0.05, 0.1) is 12.7 Å². The van der Waals surface area contributed by atoms with E-state index in [1.807, 2.05) is 24.3 Å². The molecule has 1 aliphatic rings. The minimum absolute atomic E-state index is 0.143. The summed E-state index contributed by atoms with van der Waals surface area (Å²) in [6.07, 6.45) is 0.143. The van der Waals surface area contributed by atoms with Crippen molar-refractivity contribution in [2.45, 2.75) is 19.1 Å². The molecule has 2 rings (SSSR count). The van der Waals surface area contributed by atoms with Crippen LogP contribution in [0.25, 0.3) is 0 Å². The maximum Gasteiger partial charge on any atom is 0.0950 e. The van der Waals surface area contributed by atoms with Crippen molar-refractivity contribution in [2.24, 2.45) is 0 Å². The minimum atomic E-state index is 0.143. The third-order valence-corrected chi connectivity index (χ3v) is 2.65. The molecule has 1 saturated heterocycles. The van der Waals surface area contributed by atoms with Gasteiger partial charge in [0.15, 0.2) is 0 Å². The second-order valence-electron chi connectivity index (χ2n) is 3.69. The molecule has 1 fully saturated rings. The molecule has 1 N–H and O–H groups in total. The molecular weight excluding hydrogens is 198 g/mol. The first-order chi connectivity index (χ1) is 6.75. The molecule has 1 aromatic rings. The van der Waals surface area contributed by atoms with Gasteiger partial charge >= 0.3 is 0 Å². The summed E-state index contributed by atoms with van der Waals surface area (Å²) in [5.41, 5.74) is 1.15. The first-order valence-corrected chi connectivity index (χ1v) is 5.24. The fourth-order valence-electron chi connectivity index (χ4n) is 1.61. The molecule has 1 heterocycles. The Morgan fingerprint density at radius 3 is 3.00 bits per heavy atom. The predicted octanol–water partition coefficient (Wildman–Crippen LogP) is 2.39. The highest BCUT2D eigenvalue weighted by Crippen LogP contribution is 2.22. The third kappa shape index (κ3) is 2.27. The maximum atomic E-state index is 5.92. The van der Waals surface area contributed by atoms with Gasteiger partial charge in [0.2, 0.25) is 0 Å². The van der Waals surface area contributed by atoms with E-state index < -0.39 is 0 Å². The average Bonchev–Trinajstić information content (AvgIpc) is 2.19. The summed E-state index contributed by atoms with van der Waals surface area (Å²) in [5.74, 6) is 0.